The molecule has 0 aliphatic heterocycles. The third-order valence-electron chi connectivity index (χ3n) is 2.27. The maximum absolute atomic E-state index is 11.7. The molecule has 0 saturated heterocycles. The van der Waals surface area contributed by atoms with E-state index in [1.807, 2.05) is 12.2 Å². The summed E-state index contributed by atoms with van der Waals surface area (Å²) in [6.07, 6.45) is 1.04. The second kappa shape index (κ2) is 8.30. The molecule has 0 bridgehead atoms. The van der Waals surface area contributed by atoms with E-state index in [1.165, 1.54) is 18.2 Å². The molecule has 21 heavy (non-hydrogen) atoms. The van der Waals surface area contributed by atoms with Crippen molar-refractivity contribution in [2.24, 2.45) is 0 Å². The third kappa shape index (κ3) is 5.46. The first-order valence-electron chi connectivity index (χ1n) is 6.03. The van der Waals surface area contributed by atoms with Crippen LogP contribution in [0.1, 0.15) is 18.9 Å². The smallest absolute Gasteiger partial charge is 0.414 e. The molecule has 0 atom stereocenters. The summed E-state index contributed by atoms with van der Waals surface area (Å²) in [4.78, 5) is 23.0. The topological polar surface area (TPSA) is 79.2 Å². The highest BCUT2D eigenvalue weighted by molar-refractivity contribution is 6.42. The third-order valence-corrected chi connectivity index (χ3v) is 3.01. The molecule has 0 fully saturated rings. The van der Waals surface area contributed by atoms with Gasteiger partial charge in [-0.25, -0.2) is 4.79 Å². The summed E-state index contributed by atoms with van der Waals surface area (Å²) in [5.74, 6) is -0.843. The monoisotopic (exact) mass is 326 g/mol. The second-order valence-electron chi connectivity index (χ2n) is 3.93. The molecule has 0 heterocycles. The van der Waals surface area contributed by atoms with Crippen LogP contribution in [0.15, 0.2) is 23.8 Å². The fraction of sp³-hybridized carbons (Fsp3) is 0.214. The number of halogens is 2. The molecule has 0 radical (unpaired) electrons. The fourth-order valence-electron chi connectivity index (χ4n) is 1.31. The van der Waals surface area contributed by atoms with E-state index in [1.54, 1.807) is 12.1 Å². The molecule has 0 spiro atoms. The van der Waals surface area contributed by atoms with E-state index >= 15 is 0 Å². The number of nitrogens with zero attached hydrogens (tertiary/aromatic N) is 1. The van der Waals surface area contributed by atoms with Gasteiger partial charge in [0.25, 0.3) is 5.91 Å². The van der Waals surface area contributed by atoms with E-state index in [4.69, 9.17) is 33.2 Å². The van der Waals surface area contributed by atoms with E-state index in [2.05, 4.69) is 0 Å². The molecule has 110 valence electrons. The first-order chi connectivity index (χ1) is 9.97. The van der Waals surface area contributed by atoms with E-state index in [-0.39, 0.29) is 12.2 Å². The zero-order valence-electron chi connectivity index (χ0n) is 11.2. The SMILES string of the molecule is CCCOC(=O)NC(=O)C(C#N)=Cc1ccc(Cl)c(Cl)c1. The fourth-order valence-corrected chi connectivity index (χ4v) is 1.61. The minimum absolute atomic E-state index is 0.192. The average Bonchev–Trinajstić information content (AvgIpc) is 2.46. The van der Waals surface area contributed by atoms with Crippen LogP contribution in [0.4, 0.5) is 4.79 Å². The van der Waals surface area contributed by atoms with Gasteiger partial charge in [-0.2, -0.15) is 5.26 Å². The van der Waals surface area contributed by atoms with Gasteiger partial charge in [-0.15, -0.1) is 0 Å². The summed E-state index contributed by atoms with van der Waals surface area (Å²) >= 11 is 11.6. The maximum atomic E-state index is 11.7. The van der Waals surface area contributed by atoms with Crippen molar-refractivity contribution >= 4 is 41.3 Å². The van der Waals surface area contributed by atoms with Crippen LogP contribution in [0.25, 0.3) is 6.08 Å². The summed E-state index contributed by atoms with van der Waals surface area (Å²) < 4.78 is 4.70. The van der Waals surface area contributed by atoms with Gasteiger partial charge in [0.15, 0.2) is 0 Å². The van der Waals surface area contributed by atoms with Gasteiger partial charge in [0, 0.05) is 0 Å². The number of imide groups is 1. The van der Waals surface area contributed by atoms with Gasteiger partial charge >= 0.3 is 6.09 Å². The van der Waals surface area contributed by atoms with Gasteiger partial charge in [0.05, 0.1) is 16.7 Å². The van der Waals surface area contributed by atoms with Crippen molar-refractivity contribution in [3.8, 4) is 6.07 Å². The quantitative estimate of drug-likeness (QED) is 0.677. The Kier molecular flexibility index (Phi) is 6.73. The summed E-state index contributed by atoms with van der Waals surface area (Å²) in [6, 6.07) is 6.35. The van der Waals surface area contributed by atoms with Gasteiger partial charge in [-0.3, -0.25) is 10.1 Å². The summed E-state index contributed by atoms with van der Waals surface area (Å²) in [5, 5.41) is 11.6. The maximum Gasteiger partial charge on any atom is 0.414 e. The van der Waals surface area contributed by atoms with E-state index in [9.17, 15) is 9.59 Å². The molecule has 0 aromatic heterocycles. The molecule has 1 aromatic carbocycles. The Labute approximate surface area is 132 Å². The number of carbonyl (C=O) groups excluding carboxylic acids is 2. The number of rotatable bonds is 4. The second-order valence-corrected chi connectivity index (χ2v) is 4.75. The number of carbonyl (C=O) groups is 2. The Morgan fingerprint density at radius 2 is 2.10 bits per heavy atom. The molecule has 1 rings (SSSR count). The van der Waals surface area contributed by atoms with Crippen molar-refractivity contribution in [1.29, 1.82) is 5.26 Å². The molecule has 2 amide bonds. The number of amides is 2. The first kappa shape index (κ1) is 17.0. The highest BCUT2D eigenvalue weighted by Gasteiger charge is 2.14. The lowest BCUT2D eigenvalue weighted by atomic mass is 10.1. The zero-order chi connectivity index (χ0) is 15.8. The Morgan fingerprint density at radius 3 is 2.67 bits per heavy atom. The van der Waals surface area contributed by atoms with E-state index < -0.39 is 12.0 Å². The predicted molar refractivity (Wildman–Crippen MR) is 79.8 cm³/mol. The minimum Gasteiger partial charge on any atom is -0.449 e. The predicted octanol–water partition coefficient (Wildman–Crippen LogP) is 3.56. The Balaban J connectivity index is 2.84. The average molecular weight is 327 g/mol. The Morgan fingerprint density at radius 1 is 1.38 bits per heavy atom. The van der Waals surface area contributed by atoms with Crippen molar-refractivity contribution in [3.05, 3.63) is 39.4 Å². The standard InChI is InChI=1S/C14H12Cl2N2O3/c1-2-5-21-14(20)18-13(19)10(8-17)6-9-3-4-11(15)12(16)7-9/h3-4,6-7H,2,5H2,1H3,(H,18,19,20). The summed E-state index contributed by atoms with van der Waals surface area (Å²) in [5.41, 5.74) is 0.264. The van der Waals surface area contributed by atoms with Crippen molar-refractivity contribution in [2.75, 3.05) is 6.61 Å². The van der Waals surface area contributed by atoms with Gasteiger partial charge in [0.1, 0.15) is 11.6 Å². The number of benzene rings is 1. The van der Waals surface area contributed by atoms with Crippen molar-refractivity contribution in [1.82, 2.24) is 5.32 Å². The van der Waals surface area contributed by atoms with Crippen molar-refractivity contribution < 1.29 is 14.3 Å². The van der Waals surface area contributed by atoms with Crippen LogP contribution in [-0.2, 0) is 9.53 Å². The van der Waals surface area contributed by atoms with Gasteiger partial charge in [-0.1, -0.05) is 36.2 Å². The van der Waals surface area contributed by atoms with E-state index in [0.717, 1.165) is 0 Å². The normalized spacial score (nSPS) is 10.7. The molecule has 0 aliphatic rings. The highest BCUT2D eigenvalue weighted by atomic mass is 35.5. The molecule has 0 saturated carbocycles. The van der Waals surface area contributed by atoms with Crippen LogP contribution < -0.4 is 5.32 Å². The van der Waals surface area contributed by atoms with Crippen LogP contribution in [0.2, 0.25) is 10.0 Å². The Bertz CT molecular complexity index is 621. The molecule has 0 unspecified atom stereocenters. The number of nitrogens with one attached hydrogen (secondary N) is 1. The molecule has 1 N–H and O–H groups in total. The summed E-state index contributed by atoms with van der Waals surface area (Å²) in [7, 11) is 0. The van der Waals surface area contributed by atoms with Crippen molar-refractivity contribution in [3.63, 3.8) is 0 Å². The van der Waals surface area contributed by atoms with Crippen LogP contribution in [0.5, 0.6) is 0 Å². The lowest BCUT2D eigenvalue weighted by Crippen LogP contribution is -2.32. The molecule has 7 heteroatoms. The number of hydrogen-bond donors (Lipinski definition) is 1. The van der Waals surface area contributed by atoms with Crippen LogP contribution in [0.3, 0.4) is 0 Å². The van der Waals surface area contributed by atoms with Crippen LogP contribution in [-0.4, -0.2) is 18.6 Å². The van der Waals surface area contributed by atoms with Crippen molar-refractivity contribution in [2.45, 2.75) is 13.3 Å². The largest absolute Gasteiger partial charge is 0.449 e. The first-order valence-corrected chi connectivity index (χ1v) is 6.78. The zero-order valence-corrected chi connectivity index (χ0v) is 12.7. The van der Waals surface area contributed by atoms with Gasteiger partial charge in [-0.05, 0) is 30.2 Å². The van der Waals surface area contributed by atoms with Crippen LogP contribution in [0, 0.1) is 11.3 Å². The molecule has 5 nitrogen and oxygen atoms in total. The lowest BCUT2D eigenvalue weighted by molar-refractivity contribution is -0.116. The number of ether oxygens (including phenoxy) is 1. The molecule has 0 aliphatic carbocycles. The van der Waals surface area contributed by atoms with Crippen LogP contribution >= 0.6 is 23.2 Å². The molecular weight excluding hydrogens is 315 g/mol. The summed E-state index contributed by atoms with van der Waals surface area (Å²) in [6.45, 7) is 2.01. The minimum atomic E-state index is -0.892. The number of nitriles is 1. The highest BCUT2D eigenvalue weighted by Crippen LogP contribution is 2.23. The number of hydrogen-bond acceptors (Lipinski definition) is 4. The van der Waals surface area contributed by atoms with E-state index in [0.29, 0.717) is 22.0 Å². The van der Waals surface area contributed by atoms with Gasteiger partial charge in [0.2, 0.25) is 0 Å². The van der Waals surface area contributed by atoms with Gasteiger partial charge < -0.3 is 4.74 Å². The Hall–Kier alpha value is -2.03. The lowest BCUT2D eigenvalue weighted by Gasteiger charge is -2.04. The number of alkyl carbamates (subject to hydrolysis) is 1. The molecule has 1 aromatic rings. The molecular formula is C14H12Cl2N2O3.